The molecule has 3 aromatic heterocycles. The van der Waals surface area contributed by atoms with Crippen molar-refractivity contribution in [3.63, 3.8) is 0 Å². The summed E-state index contributed by atoms with van der Waals surface area (Å²) in [5, 5.41) is 0.687. The number of H-pyrrole nitrogens is 1. The molecule has 0 amide bonds. The van der Waals surface area contributed by atoms with Crippen molar-refractivity contribution in [3.05, 3.63) is 66.3 Å². The van der Waals surface area contributed by atoms with Crippen molar-refractivity contribution in [1.29, 1.82) is 0 Å². The minimum atomic E-state index is 0.687. The molecule has 9 heteroatoms. The van der Waals surface area contributed by atoms with Crippen molar-refractivity contribution in [2.24, 2.45) is 0 Å². The van der Waals surface area contributed by atoms with Crippen LogP contribution in [-0.2, 0) is 0 Å². The molecule has 1 aromatic carbocycles. The van der Waals surface area contributed by atoms with E-state index < -0.39 is 0 Å². The van der Waals surface area contributed by atoms with Gasteiger partial charge in [0.1, 0.15) is 5.82 Å². The van der Waals surface area contributed by atoms with Crippen molar-refractivity contribution in [2.45, 2.75) is 0 Å². The molecule has 1 aliphatic heterocycles. The van der Waals surface area contributed by atoms with Gasteiger partial charge >= 0.3 is 0 Å². The fourth-order valence-electron chi connectivity index (χ4n) is 3.50. The van der Waals surface area contributed by atoms with Gasteiger partial charge in [0.25, 0.3) is 0 Å². The summed E-state index contributed by atoms with van der Waals surface area (Å²) in [5.41, 5.74) is 2.63. The summed E-state index contributed by atoms with van der Waals surface area (Å²) in [7, 11) is 0. The molecule has 0 atom stereocenters. The van der Waals surface area contributed by atoms with Gasteiger partial charge in [0.05, 0.1) is 11.3 Å². The topological polar surface area (TPSA) is 86.7 Å². The lowest BCUT2D eigenvalue weighted by Gasteiger charge is -2.34. The molecule has 0 aliphatic carbocycles. The third-order valence-electron chi connectivity index (χ3n) is 5.04. The summed E-state index contributed by atoms with van der Waals surface area (Å²) in [5.74, 6) is 2.19. The van der Waals surface area contributed by atoms with E-state index in [2.05, 4.69) is 34.7 Å². The van der Waals surface area contributed by atoms with Gasteiger partial charge in [-0.25, -0.2) is 24.9 Å². The average molecular weight is 419 g/mol. The second-order valence-electron chi connectivity index (χ2n) is 6.90. The highest BCUT2D eigenvalue weighted by Crippen LogP contribution is 2.30. The van der Waals surface area contributed by atoms with Crippen molar-refractivity contribution < 1.29 is 0 Å². The van der Waals surface area contributed by atoms with Crippen LogP contribution in [0, 0.1) is 0 Å². The lowest BCUT2D eigenvalue weighted by atomic mass is 10.1. The second-order valence-corrected chi connectivity index (χ2v) is 7.34. The highest BCUT2D eigenvalue weighted by molar-refractivity contribution is 6.30. The Hall–Kier alpha value is -3.52. The van der Waals surface area contributed by atoms with E-state index in [0.717, 1.165) is 54.8 Å². The number of rotatable bonds is 4. The van der Waals surface area contributed by atoms with Crippen LogP contribution in [0.3, 0.4) is 0 Å². The number of halogens is 1. The molecule has 1 saturated heterocycles. The Morgan fingerprint density at radius 1 is 0.800 bits per heavy atom. The monoisotopic (exact) mass is 418 g/mol. The summed E-state index contributed by atoms with van der Waals surface area (Å²) < 4.78 is 0. The van der Waals surface area contributed by atoms with Crippen molar-refractivity contribution in [1.82, 2.24) is 29.9 Å². The Kier molecular flexibility index (Phi) is 4.98. The Balaban J connectivity index is 1.44. The van der Waals surface area contributed by atoms with Gasteiger partial charge in [0, 0.05) is 67.7 Å². The molecule has 0 saturated carbocycles. The van der Waals surface area contributed by atoms with Crippen LogP contribution in [-0.4, -0.2) is 56.1 Å². The fraction of sp³-hybridized carbons (Fsp3) is 0.190. The second kappa shape index (κ2) is 8.08. The quantitative estimate of drug-likeness (QED) is 0.544. The SMILES string of the molecule is Clc1ccc(-c2nc(N3CCN(c4ncccn4)CC3)ncc2-c2ncc[nH]2)cc1. The maximum Gasteiger partial charge on any atom is 0.226 e. The van der Waals surface area contributed by atoms with E-state index in [1.54, 1.807) is 24.8 Å². The summed E-state index contributed by atoms with van der Waals surface area (Å²) in [6, 6.07) is 9.48. The third kappa shape index (κ3) is 3.69. The number of hydrogen-bond acceptors (Lipinski definition) is 7. The summed E-state index contributed by atoms with van der Waals surface area (Å²) in [4.78, 5) is 30.1. The van der Waals surface area contributed by atoms with Gasteiger partial charge in [-0.3, -0.25) is 0 Å². The van der Waals surface area contributed by atoms with Crippen LogP contribution in [0.1, 0.15) is 0 Å². The summed E-state index contributed by atoms with van der Waals surface area (Å²) >= 11 is 6.08. The molecular weight excluding hydrogens is 400 g/mol. The molecule has 5 rings (SSSR count). The van der Waals surface area contributed by atoms with E-state index in [4.69, 9.17) is 16.6 Å². The van der Waals surface area contributed by atoms with Gasteiger partial charge < -0.3 is 14.8 Å². The van der Waals surface area contributed by atoms with E-state index in [1.807, 2.05) is 36.5 Å². The minimum absolute atomic E-state index is 0.687. The lowest BCUT2D eigenvalue weighted by Crippen LogP contribution is -2.47. The molecule has 1 aliphatic rings. The molecule has 150 valence electrons. The molecule has 0 spiro atoms. The molecule has 0 bridgehead atoms. The number of nitrogens with one attached hydrogen (secondary N) is 1. The third-order valence-corrected chi connectivity index (χ3v) is 5.30. The van der Waals surface area contributed by atoms with Crippen LogP contribution < -0.4 is 9.80 Å². The smallest absolute Gasteiger partial charge is 0.226 e. The standard InChI is InChI=1S/C21H19ClN8/c22-16-4-2-15(3-5-16)18-17(19-23-8-9-24-19)14-27-21(28-18)30-12-10-29(11-13-30)20-25-6-1-7-26-20/h1-9,14H,10-13H2,(H,23,24). The number of nitrogens with zero attached hydrogens (tertiary/aromatic N) is 7. The molecular formula is C21H19ClN8. The predicted octanol–water partition coefficient (Wildman–Crippen LogP) is 3.30. The zero-order valence-electron chi connectivity index (χ0n) is 16.1. The number of anilines is 2. The Morgan fingerprint density at radius 2 is 1.50 bits per heavy atom. The lowest BCUT2D eigenvalue weighted by molar-refractivity contribution is 0.628. The van der Waals surface area contributed by atoms with Gasteiger partial charge in [-0.2, -0.15) is 0 Å². The Morgan fingerprint density at radius 3 is 2.17 bits per heavy atom. The fourth-order valence-corrected chi connectivity index (χ4v) is 3.63. The Bertz CT molecular complexity index is 1110. The molecule has 4 aromatic rings. The predicted molar refractivity (Wildman–Crippen MR) is 117 cm³/mol. The van der Waals surface area contributed by atoms with Crippen LogP contribution in [0.25, 0.3) is 22.6 Å². The highest BCUT2D eigenvalue weighted by atomic mass is 35.5. The molecule has 1 fully saturated rings. The number of benzene rings is 1. The van der Waals surface area contributed by atoms with Gasteiger partial charge in [0.15, 0.2) is 0 Å². The first-order valence-electron chi connectivity index (χ1n) is 9.67. The van der Waals surface area contributed by atoms with Crippen molar-refractivity contribution in [2.75, 3.05) is 36.0 Å². The maximum absolute atomic E-state index is 6.08. The van der Waals surface area contributed by atoms with Crippen LogP contribution in [0.4, 0.5) is 11.9 Å². The van der Waals surface area contributed by atoms with Crippen LogP contribution in [0.2, 0.25) is 5.02 Å². The van der Waals surface area contributed by atoms with Gasteiger partial charge in [-0.15, -0.1) is 0 Å². The van der Waals surface area contributed by atoms with Crippen LogP contribution in [0.5, 0.6) is 0 Å². The molecule has 4 heterocycles. The summed E-state index contributed by atoms with van der Waals surface area (Å²) in [6.45, 7) is 3.20. The number of aromatic nitrogens is 6. The van der Waals surface area contributed by atoms with Crippen LogP contribution >= 0.6 is 11.6 Å². The first-order valence-corrected chi connectivity index (χ1v) is 10.1. The highest BCUT2D eigenvalue weighted by Gasteiger charge is 2.22. The van der Waals surface area contributed by atoms with Crippen molar-refractivity contribution >= 4 is 23.5 Å². The molecule has 30 heavy (non-hydrogen) atoms. The molecule has 0 unspecified atom stereocenters. The number of piperazine rings is 1. The maximum atomic E-state index is 6.08. The van der Waals surface area contributed by atoms with Gasteiger partial charge in [-0.05, 0) is 18.2 Å². The number of imidazole rings is 1. The van der Waals surface area contributed by atoms with Gasteiger partial charge in [0.2, 0.25) is 11.9 Å². The van der Waals surface area contributed by atoms with Crippen LogP contribution in [0.15, 0.2) is 61.3 Å². The molecule has 8 nitrogen and oxygen atoms in total. The zero-order valence-corrected chi connectivity index (χ0v) is 16.9. The van der Waals surface area contributed by atoms with Gasteiger partial charge in [-0.1, -0.05) is 23.7 Å². The van der Waals surface area contributed by atoms with E-state index in [0.29, 0.717) is 11.0 Å². The first-order chi connectivity index (χ1) is 14.8. The van der Waals surface area contributed by atoms with E-state index >= 15 is 0 Å². The number of aromatic amines is 1. The first kappa shape index (κ1) is 18.5. The average Bonchev–Trinajstić information content (AvgIpc) is 3.35. The zero-order chi connectivity index (χ0) is 20.3. The Labute approximate surface area is 178 Å². The summed E-state index contributed by atoms with van der Waals surface area (Å²) in [6.07, 6.45) is 8.88. The van der Waals surface area contributed by atoms with E-state index in [9.17, 15) is 0 Å². The van der Waals surface area contributed by atoms with E-state index in [1.165, 1.54) is 0 Å². The van der Waals surface area contributed by atoms with Crippen molar-refractivity contribution in [3.8, 4) is 22.6 Å². The normalized spacial score (nSPS) is 14.2. The molecule has 0 radical (unpaired) electrons. The number of hydrogen-bond donors (Lipinski definition) is 1. The largest absolute Gasteiger partial charge is 0.345 e. The molecule has 1 N–H and O–H groups in total. The van der Waals surface area contributed by atoms with E-state index in [-0.39, 0.29) is 0 Å². The minimum Gasteiger partial charge on any atom is -0.345 e.